The van der Waals surface area contributed by atoms with Gasteiger partial charge in [-0.15, -0.1) is 0 Å². The van der Waals surface area contributed by atoms with Gasteiger partial charge in [-0.3, -0.25) is 9.78 Å². The Morgan fingerprint density at radius 2 is 2.05 bits per heavy atom. The molecule has 2 heterocycles. The van der Waals surface area contributed by atoms with Crippen molar-refractivity contribution in [1.82, 2.24) is 9.88 Å². The highest BCUT2D eigenvalue weighted by molar-refractivity contribution is 7.91. The average molecular weight is 322 g/mol. The minimum Gasteiger partial charge on any atom is -0.338 e. The molecule has 0 bridgehead atoms. The number of pyridine rings is 1. The van der Waals surface area contributed by atoms with Crippen molar-refractivity contribution in [1.29, 1.82) is 0 Å². The van der Waals surface area contributed by atoms with Crippen LogP contribution in [0.5, 0.6) is 0 Å². The minimum atomic E-state index is -4.56. The number of sulfone groups is 1. The van der Waals surface area contributed by atoms with Gasteiger partial charge in [0.1, 0.15) is 5.69 Å². The molecule has 21 heavy (non-hydrogen) atoms. The van der Waals surface area contributed by atoms with Gasteiger partial charge in [0.15, 0.2) is 9.84 Å². The molecular weight excluding hydrogens is 309 g/mol. The third kappa shape index (κ3) is 3.52. The van der Waals surface area contributed by atoms with Crippen LogP contribution in [0.2, 0.25) is 0 Å². The van der Waals surface area contributed by atoms with Crippen molar-refractivity contribution in [2.45, 2.75) is 18.6 Å². The van der Waals surface area contributed by atoms with Gasteiger partial charge in [-0.2, -0.15) is 13.2 Å². The lowest BCUT2D eigenvalue weighted by Gasteiger charge is -2.23. The molecule has 0 saturated carbocycles. The van der Waals surface area contributed by atoms with E-state index in [-0.39, 0.29) is 17.1 Å². The summed E-state index contributed by atoms with van der Waals surface area (Å²) >= 11 is 0. The number of nitrogens with zero attached hydrogens (tertiary/aromatic N) is 2. The topological polar surface area (TPSA) is 67.3 Å². The smallest absolute Gasteiger partial charge is 0.338 e. The van der Waals surface area contributed by atoms with Gasteiger partial charge in [0.05, 0.1) is 17.1 Å². The van der Waals surface area contributed by atoms with E-state index in [0.29, 0.717) is 6.42 Å². The summed E-state index contributed by atoms with van der Waals surface area (Å²) in [6.45, 7) is 0. The monoisotopic (exact) mass is 322 g/mol. The molecule has 1 aliphatic heterocycles. The summed E-state index contributed by atoms with van der Waals surface area (Å²) < 4.78 is 59.9. The van der Waals surface area contributed by atoms with E-state index < -0.39 is 33.7 Å². The molecule has 1 amide bonds. The van der Waals surface area contributed by atoms with Gasteiger partial charge >= 0.3 is 6.18 Å². The Morgan fingerprint density at radius 3 is 2.48 bits per heavy atom. The van der Waals surface area contributed by atoms with Crippen LogP contribution in [0, 0.1) is 0 Å². The Bertz CT molecular complexity index is 641. The molecule has 9 heteroatoms. The van der Waals surface area contributed by atoms with E-state index >= 15 is 0 Å². The second-order valence-electron chi connectivity index (χ2n) is 4.90. The molecule has 0 aliphatic carbocycles. The molecule has 1 atom stereocenters. The molecule has 0 spiro atoms. The van der Waals surface area contributed by atoms with Gasteiger partial charge < -0.3 is 4.90 Å². The van der Waals surface area contributed by atoms with Crippen molar-refractivity contribution in [3.05, 3.63) is 29.6 Å². The molecule has 1 aromatic heterocycles. The van der Waals surface area contributed by atoms with E-state index in [1.54, 1.807) is 0 Å². The highest BCUT2D eigenvalue weighted by Gasteiger charge is 2.34. The van der Waals surface area contributed by atoms with E-state index in [9.17, 15) is 26.4 Å². The maximum atomic E-state index is 12.4. The zero-order valence-electron chi connectivity index (χ0n) is 11.1. The number of hydrogen-bond donors (Lipinski definition) is 0. The minimum absolute atomic E-state index is 0.00482. The van der Waals surface area contributed by atoms with Gasteiger partial charge in [-0.05, 0) is 18.6 Å². The van der Waals surface area contributed by atoms with Crippen LogP contribution >= 0.6 is 0 Å². The fourth-order valence-corrected chi connectivity index (χ4v) is 3.91. The lowest BCUT2D eigenvalue weighted by atomic mass is 10.2. The molecule has 1 aliphatic rings. The zero-order chi connectivity index (χ0) is 15.8. The second-order valence-corrected chi connectivity index (χ2v) is 7.13. The summed E-state index contributed by atoms with van der Waals surface area (Å²) in [6.07, 6.45) is -3.38. The van der Waals surface area contributed by atoms with Gasteiger partial charge in [0.2, 0.25) is 0 Å². The van der Waals surface area contributed by atoms with Crippen LogP contribution in [0.1, 0.15) is 22.5 Å². The molecule has 0 N–H and O–H groups in total. The maximum absolute atomic E-state index is 12.4. The number of carbonyl (C=O) groups excluding carboxylic acids is 1. The summed E-state index contributed by atoms with van der Waals surface area (Å²) in [6, 6.07) is 1.31. The van der Waals surface area contributed by atoms with E-state index in [1.807, 2.05) is 0 Å². The summed E-state index contributed by atoms with van der Waals surface area (Å²) in [5, 5.41) is 0. The number of carbonyl (C=O) groups is 1. The second kappa shape index (κ2) is 5.28. The highest BCUT2D eigenvalue weighted by atomic mass is 32.2. The number of rotatable bonds is 2. The number of alkyl halides is 3. The van der Waals surface area contributed by atoms with E-state index in [1.165, 1.54) is 11.9 Å². The summed E-state index contributed by atoms with van der Waals surface area (Å²) in [7, 11) is -1.70. The first kappa shape index (κ1) is 15.7. The van der Waals surface area contributed by atoms with Crippen molar-refractivity contribution in [2.75, 3.05) is 18.6 Å². The van der Waals surface area contributed by atoms with Gasteiger partial charge in [0.25, 0.3) is 5.91 Å². The van der Waals surface area contributed by atoms with Crippen molar-refractivity contribution in [3.63, 3.8) is 0 Å². The Morgan fingerprint density at radius 1 is 1.38 bits per heavy atom. The molecule has 1 fully saturated rings. The Kier molecular flexibility index (Phi) is 3.96. The molecule has 2 rings (SSSR count). The normalized spacial score (nSPS) is 21.2. The van der Waals surface area contributed by atoms with Crippen LogP contribution in [-0.4, -0.2) is 48.8 Å². The van der Waals surface area contributed by atoms with Crippen LogP contribution < -0.4 is 0 Å². The van der Waals surface area contributed by atoms with Crippen molar-refractivity contribution >= 4 is 15.7 Å². The van der Waals surface area contributed by atoms with Crippen LogP contribution in [0.15, 0.2) is 18.3 Å². The number of halogens is 3. The van der Waals surface area contributed by atoms with Crippen LogP contribution in [0.4, 0.5) is 13.2 Å². The Hall–Kier alpha value is -1.64. The first-order valence-electron chi connectivity index (χ1n) is 6.11. The lowest BCUT2D eigenvalue weighted by Crippen LogP contribution is -2.37. The molecule has 1 unspecified atom stereocenters. The predicted molar refractivity (Wildman–Crippen MR) is 68.4 cm³/mol. The molecule has 0 radical (unpaired) electrons. The Balaban J connectivity index is 2.13. The quantitative estimate of drug-likeness (QED) is 0.824. The largest absolute Gasteiger partial charge is 0.433 e. The van der Waals surface area contributed by atoms with Gasteiger partial charge in [-0.25, -0.2) is 8.42 Å². The Labute approximate surface area is 119 Å². The molecule has 1 saturated heterocycles. The summed E-state index contributed by atoms with van der Waals surface area (Å²) in [5.74, 6) is -0.651. The van der Waals surface area contributed by atoms with Gasteiger partial charge in [-0.1, -0.05) is 0 Å². The third-order valence-electron chi connectivity index (χ3n) is 3.38. The van der Waals surface area contributed by atoms with Crippen LogP contribution in [0.25, 0.3) is 0 Å². The number of amides is 1. The highest BCUT2D eigenvalue weighted by Crippen LogP contribution is 2.27. The molecule has 1 aromatic rings. The van der Waals surface area contributed by atoms with E-state index in [4.69, 9.17) is 0 Å². The number of aromatic nitrogens is 1. The molecule has 5 nitrogen and oxygen atoms in total. The summed E-state index contributed by atoms with van der Waals surface area (Å²) in [5.41, 5.74) is -1.08. The maximum Gasteiger partial charge on any atom is 0.433 e. The molecule has 0 aromatic carbocycles. The first-order chi connectivity index (χ1) is 9.60. The van der Waals surface area contributed by atoms with Crippen LogP contribution in [0.3, 0.4) is 0 Å². The lowest BCUT2D eigenvalue weighted by molar-refractivity contribution is -0.141. The zero-order valence-corrected chi connectivity index (χ0v) is 11.9. The average Bonchev–Trinajstić information content (AvgIpc) is 2.76. The number of hydrogen-bond acceptors (Lipinski definition) is 4. The predicted octanol–water partition coefficient (Wildman–Crippen LogP) is 1.36. The molecule has 116 valence electrons. The van der Waals surface area contributed by atoms with Crippen LogP contribution in [-0.2, 0) is 16.0 Å². The molecular formula is C12H13F3N2O3S. The first-order valence-corrected chi connectivity index (χ1v) is 7.93. The third-order valence-corrected chi connectivity index (χ3v) is 5.13. The van der Waals surface area contributed by atoms with Crippen molar-refractivity contribution < 1.29 is 26.4 Å². The standard InChI is InChI=1S/C12H13F3N2O3S/c1-17(9-4-5-21(19,20)7-9)11(18)8-2-3-10(16-6-8)12(13,14)15/h2-3,6,9H,4-5,7H2,1H3. The van der Waals surface area contributed by atoms with Crippen molar-refractivity contribution in [2.24, 2.45) is 0 Å². The fourth-order valence-electron chi connectivity index (χ4n) is 2.14. The fraction of sp³-hybridized carbons (Fsp3) is 0.500. The van der Waals surface area contributed by atoms with E-state index in [0.717, 1.165) is 18.3 Å². The van der Waals surface area contributed by atoms with E-state index in [2.05, 4.69) is 4.98 Å². The SMILES string of the molecule is CN(C(=O)c1ccc(C(F)(F)F)nc1)C1CCS(=O)(=O)C1. The summed E-state index contributed by atoms with van der Waals surface area (Å²) in [4.78, 5) is 16.6. The van der Waals surface area contributed by atoms with Crippen molar-refractivity contribution in [3.8, 4) is 0 Å². The van der Waals surface area contributed by atoms with Gasteiger partial charge in [0, 0.05) is 19.3 Å².